The van der Waals surface area contributed by atoms with Gasteiger partial charge < -0.3 is 44.3 Å². The number of carbonyl (C=O) groups excluding carboxylic acids is 4. The zero-order valence-corrected chi connectivity index (χ0v) is 35.9. The van der Waals surface area contributed by atoms with Crippen molar-refractivity contribution in [2.75, 3.05) is 27.3 Å². The number of imidazole rings is 2. The second-order valence-corrected chi connectivity index (χ2v) is 17.1. The third-order valence-corrected chi connectivity index (χ3v) is 12.4. The number of hydrogen-bond donors (Lipinski definition) is 4. The lowest BCUT2D eigenvalue weighted by atomic mass is 9.95. The van der Waals surface area contributed by atoms with Gasteiger partial charge in [-0.05, 0) is 87.1 Å². The monoisotopic (exact) mass is 820 g/mol. The highest BCUT2D eigenvalue weighted by molar-refractivity contribution is 6.02. The number of likely N-dealkylation sites (tertiary alicyclic amines) is 2. The molecule has 0 aliphatic carbocycles. The molecule has 15 heteroatoms. The second-order valence-electron chi connectivity index (χ2n) is 17.1. The van der Waals surface area contributed by atoms with Crippen LogP contribution in [0.2, 0.25) is 0 Å². The lowest BCUT2D eigenvalue weighted by molar-refractivity contribution is -0.139. The quantitative estimate of drug-likeness (QED) is 0.104. The summed E-state index contributed by atoms with van der Waals surface area (Å²) in [5, 5.41) is 6.39. The molecular formula is C45H56N8O7. The molecule has 2 aromatic carbocycles. The minimum atomic E-state index is -0.737. The Hall–Kier alpha value is -6.12. The van der Waals surface area contributed by atoms with Gasteiger partial charge >= 0.3 is 12.2 Å². The van der Waals surface area contributed by atoms with Gasteiger partial charge in [0.2, 0.25) is 11.8 Å². The number of furan rings is 1. The molecule has 0 radical (unpaired) electrons. The number of aryl methyl sites for hydroxylation is 1. The van der Waals surface area contributed by atoms with Crippen molar-refractivity contribution < 1.29 is 33.1 Å². The van der Waals surface area contributed by atoms with Crippen LogP contribution in [0.15, 0.2) is 59.3 Å². The van der Waals surface area contributed by atoms with E-state index in [4.69, 9.17) is 23.9 Å². The molecule has 60 heavy (non-hydrogen) atoms. The highest BCUT2D eigenvalue weighted by Gasteiger charge is 2.47. The van der Waals surface area contributed by atoms with Crippen molar-refractivity contribution >= 4 is 35.0 Å². The van der Waals surface area contributed by atoms with Gasteiger partial charge in [0, 0.05) is 24.0 Å². The molecule has 4 N–H and O–H groups in total. The Labute approximate surface area is 350 Å². The number of amides is 4. The molecule has 4 unspecified atom stereocenters. The molecule has 7 rings (SSSR count). The highest BCUT2D eigenvalue weighted by atomic mass is 16.5. The van der Waals surface area contributed by atoms with E-state index in [0.29, 0.717) is 31.2 Å². The van der Waals surface area contributed by atoms with Gasteiger partial charge in [-0.3, -0.25) is 9.59 Å². The van der Waals surface area contributed by atoms with Crippen molar-refractivity contribution in [3.8, 4) is 33.6 Å². The van der Waals surface area contributed by atoms with Crippen molar-refractivity contribution in [1.29, 1.82) is 0 Å². The van der Waals surface area contributed by atoms with Crippen LogP contribution >= 0.6 is 0 Å². The number of H-pyrrole nitrogens is 2. The standard InChI is InChI=1S/C45H56N8O7/c1-25(2)35(50-42(56)58-8)38(54)52-20-10-18-44(52,6)40-46-23-33(48-40)29-14-12-28(13-15-29)30-16-17-31(37-32(30)22-27(5)60-37)34-24-47-41(49-34)45(7)19-11-21-53(45)39(55)36(26(3)4)51-43(57)59-9/h12-17,22-26,35-36H,10-11,18-21H2,1-9H3,(H,46,48)(H,47,49)(H,50,56)(H,51,57). The van der Waals surface area contributed by atoms with Gasteiger partial charge in [0.15, 0.2) is 0 Å². The van der Waals surface area contributed by atoms with E-state index >= 15 is 0 Å². The first-order chi connectivity index (χ1) is 28.6. The first-order valence-corrected chi connectivity index (χ1v) is 20.7. The van der Waals surface area contributed by atoms with Crippen molar-refractivity contribution in [2.24, 2.45) is 11.8 Å². The van der Waals surface area contributed by atoms with Gasteiger partial charge in [0.05, 0.1) is 49.1 Å². The molecule has 0 saturated carbocycles. The van der Waals surface area contributed by atoms with Crippen LogP contribution in [0.1, 0.15) is 84.6 Å². The second kappa shape index (κ2) is 16.5. The van der Waals surface area contributed by atoms with E-state index in [2.05, 4.69) is 50.9 Å². The number of nitrogens with zero attached hydrogens (tertiary/aromatic N) is 4. The van der Waals surface area contributed by atoms with Gasteiger partial charge in [-0.1, -0.05) is 58.0 Å². The Morgan fingerprint density at radius 1 is 0.717 bits per heavy atom. The summed E-state index contributed by atoms with van der Waals surface area (Å²) in [6.07, 6.45) is 5.37. The fourth-order valence-electron chi connectivity index (χ4n) is 8.87. The van der Waals surface area contributed by atoms with Gasteiger partial charge in [-0.2, -0.15) is 0 Å². The maximum absolute atomic E-state index is 13.9. The van der Waals surface area contributed by atoms with E-state index in [0.717, 1.165) is 69.6 Å². The number of carbonyl (C=O) groups is 4. The molecular weight excluding hydrogens is 765 g/mol. The fraction of sp³-hybridized carbons (Fsp3) is 0.467. The van der Waals surface area contributed by atoms with Crippen LogP contribution in [-0.4, -0.2) is 93.1 Å². The van der Waals surface area contributed by atoms with Crippen LogP contribution in [0.25, 0.3) is 44.6 Å². The Morgan fingerprint density at radius 3 is 1.68 bits per heavy atom. The summed E-state index contributed by atoms with van der Waals surface area (Å²) in [4.78, 5) is 72.2. The van der Waals surface area contributed by atoms with Crippen LogP contribution < -0.4 is 10.6 Å². The molecule has 2 aliphatic heterocycles. The minimum absolute atomic E-state index is 0.132. The number of aromatic amines is 2. The summed E-state index contributed by atoms with van der Waals surface area (Å²) in [6, 6.07) is 12.9. The van der Waals surface area contributed by atoms with Gasteiger partial charge in [0.1, 0.15) is 35.1 Å². The Bertz CT molecular complexity index is 2400. The van der Waals surface area contributed by atoms with Crippen molar-refractivity contribution in [3.05, 3.63) is 72.3 Å². The number of methoxy groups -OCH3 is 2. The maximum Gasteiger partial charge on any atom is 0.407 e. The Morgan fingerprint density at radius 2 is 1.18 bits per heavy atom. The zero-order valence-electron chi connectivity index (χ0n) is 35.9. The molecule has 5 heterocycles. The summed E-state index contributed by atoms with van der Waals surface area (Å²) in [6.45, 7) is 14.7. The van der Waals surface area contributed by atoms with Gasteiger partial charge in [0.25, 0.3) is 0 Å². The lowest BCUT2D eigenvalue weighted by Crippen LogP contribution is -2.55. The number of aromatic nitrogens is 4. The molecule has 2 aliphatic rings. The van der Waals surface area contributed by atoms with Crippen LogP contribution in [0.3, 0.4) is 0 Å². The number of alkyl carbamates (subject to hydrolysis) is 2. The van der Waals surface area contributed by atoms with E-state index in [1.165, 1.54) is 14.2 Å². The molecule has 15 nitrogen and oxygen atoms in total. The van der Waals surface area contributed by atoms with Crippen molar-refractivity contribution in [1.82, 2.24) is 40.4 Å². The molecule has 3 aromatic heterocycles. The van der Waals surface area contributed by atoms with Crippen LogP contribution in [0.5, 0.6) is 0 Å². The molecule has 4 amide bonds. The van der Waals surface area contributed by atoms with E-state index < -0.39 is 35.3 Å². The minimum Gasteiger partial charge on any atom is -0.461 e. The number of rotatable bonds is 11. The molecule has 0 bridgehead atoms. The van der Waals surface area contributed by atoms with Crippen molar-refractivity contribution in [3.63, 3.8) is 0 Å². The topological polar surface area (TPSA) is 188 Å². The summed E-state index contributed by atoms with van der Waals surface area (Å²) in [5.41, 5.74) is 4.75. The fourth-order valence-corrected chi connectivity index (χ4v) is 8.87. The molecule has 5 aromatic rings. The van der Waals surface area contributed by atoms with E-state index in [1.807, 2.05) is 70.4 Å². The van der Waals surface area contributed by atoms with Gasteiger partial charge in [-0.15, -0.1) is 0 Å². The normalized spacial score (nSPS) is 20.2. The zero-order chi connectivity index (χ0) is 43.1. The highest BCUT2D eigenvalue weighted by Crippen LogP contribution is 2.42. The number of nitrogens with one attached hydrogen (secondary N) is 4. The predicted octanol–water partition coefficient (Wildman–Crippen LogP) is 7.62. The van der Waals surface area contributed by atoms with Crippen molar-refractivity contribution in [2.45, 2.75) is 97.3 Å². The molecule has 2 saturated heterocycles. The largest absolute Gasteiger partial charge is 0.461 e. The number of ether oxygens (including phenoxy) is 2. The number of hydrogen-bond acceptors (Lipinski definition) is 9. The van der Waals surface area contributed by atoms with E-state index in [1.54, 1.807) is 12.4 Å². The first-order valence-electron chi connectivity index (χ1n) is 20.7. The SMILES string of the molecule is COC(=O)NC(C(=O)N1CCCC1(C)c1ncc(-c2ccc(-c3ccc(-c4cnc(C5(C)CCCN5C(=O)C(NC(=O)OC)C(C)C)[nH]4)c4oc(C)cc34)cc2)[nH]1)C(C)C. The summed E-state index contributed by atoms with van der Waals surface area (Å²) in [7, 11) is 2.58. The van der Waals surface area contributed by atoms with E-state index in [9.17, 15) is 19.2 Å². The molecule has 2 fully saturated rings. The Balaban J connectivity index is 1.12. The lowest BCUT2D eigenvalue weighted by Gasteiger charge is -2.37. The first kappa shape index (κ1) is 42.0. The Kier molecular flexibility index (Phi) is 11.6. The van der Waals surface area contributed by atoms with E-state index in [-0.39, 0.29) is 23.7 Å². The van der Waals surface area contributed by atoms with Gasteiger partial charge in [-0.25, -0.2) is 19.6 Å². The average Bonchev–Trinajstić information content (AvgIpc) is 4.08. The van der Waals surface area contributed by atoms with Crippen LogP contribution in [0.4, 0.5) is 9.59 Å². The number of fused-ring (bicyclic) bond motifs is 1. The predicted molar refractivity (Wildman–Crippen MR) is 226 cm³/mol. The molecule has 0 spiro atoms. The van der Waals surface area contributed by atoms with Crippen LogP contribution in [0, 0.1) is 18.8 Å². The maximum atomic E-state index is 13.9. The summed E-state index contributed by atoms with van der Waals surface area (Å²) >= 11 is 0. The summed E-state index contributed by atoms with van der Waals surface area (Å²) < 4.78 is 15.9. The average molecular weight is 821 g/mol. The number of benzene rings is 2. The molecule has 4 atom stereocenters. The smallest absolute Gasteiger partial charge is 0.407 e. The molecule has 318 valence electrons. The summed E-state index contributed by atoms with van der Waals surface area (Å²) in [5.74, 6) is 1.52. The third kappa shape index (κ3) is 7.61. The third-order valence-electron chi connectivity index (χ3n) is 12.4. The van der Waals surface area contributed by atoms with Crippen LogP contribution in [-0.2, 0) is 30.1 Å².